The standard InChI is InChI=1S/C48H53N5O5/c1-2-40(34-10-5-3-6-11-34)45(35-12-7-4-8-13-35)36-15-18-39(19-16-36)58-29-28-51-26-23-33(24-27-51)31-52-25-9-14-38(32-52)49-37-17-20-41-42(30-37)48(57)53(47(41)56)43-21-22-44(54)50-46(43)55/h3-8,10-13,15-20,30,33,38,43,49H,2,9,14,21-29,31-32H2,1H3,(H,50,54,55)/t38-,43?/m0/s1. The van der Waals surface area contributed by atoms with E-state index in [0.717, 1.165) is 74.9 Å². The number of carbonyl (C=O) groups excluding carboxylic acids is 4. The second-order valence-electron chi connectivity index (χ2n) is 16.0. The van der Waals surface area contributed by atoms with Crippen molar-refractivity contribution in [3.8, 4) is 5.75 Å². The molecule has 4 heterocycles. The van der Waals surface area contributed by atoms with Crippen LogP contribution in [0.2, 0.25) is 0 Å². The average molecular weight is 780 g/mol. The molecule has 300 valence electrons. The second kappa shape index (κ2) is 17.9. The van der Waals surface area contributed by atoms with Gasteiger partial charge in [-0.15, -0.1) is 0 Å². The zero-order chi connectivity index (χ0) is 40.0. The largest absolute Gasteiger partial charge is 0.492 e. The van der Waals surface area contributed by atoms with Gasteiger partial charge in [0.1, 0.15) is 18.4 Å². The summed E-state index contributed by atoms with van der Waals surface area (Å²) in [5.74, 6) is -0.394. The average Bonchev–Trinajstić information content (AvgIpc) is 3.49. The molecular weight excluding hydrogens is 727 g/mol. The van der Waals surface area contributed by atoms with Crippen molar-refractivity contribution in [2.45, 2.75) is 64.0 Å². The Bertz CT molecular complexity index is 2150. The van der Waals surface area contributed by atoms with E-state index in [2.05, 4.69) is 112 Å². The van der Waals surface area contributed by atoms with Crippen LogP contribution >= 0.6 is 0 Å². The fourth-order valence-electron chi connectivity index (χ4n) is 9.19. The number of amides is 4. The number of rotatable bonds is 13. The van der Waals surface area contributed by atoms with Crippen molar-refractivity contribution in [1.82, 2.24) is 20.0 Å². The lowest BCUT2D eigenvalue weighted by Crippen LogP contribution is -2.54. The third-order valence-corrected chi connectivity index (χ3v) is 12.2. The van der Waals surface area contributed by atoms with Crippen molar-refractivity contribution < 1.29 is 23.9 Å². The van der Waals surface area contributed by atoms with Gasteiger partial charge in [-0.25, -0.2) is 0 Å². The molecule has 2 atom stereocenters. The number of piperidine rings is 3. The highest BCUT2D eigenvalue weighted by Gasteiger charge is 2.44. The van der Waals surface area contributed by atoms with Crippen molar-refractivity contribution >= 4 is 40.5 Å². The van der Waals surface area contributed by atoms with Crippen LogP contribution in [0.3, 0.4) is 0 Å². The van der Waals surface area contributed by atoms with Crippen LogP contribution in [-0.2, 0) is 9.59 Å². The number of hydrogen-bond donors (Lipinski definition) is 2. The van der Waals surface area contributed by atoms with E-state index in [4.69, 9.17) is 4.74 Å². The Kier molecular flexibility index (Phi) is 12.1. The Labute approximate surface area is 341 Å². The lowest BCUT2D eigenvalue weighted by molar-refractivity contribution is -0.136. The van der Waals surface area contributed by atoms with Crippen molar-refractivity contribution in [1.29, 1.82) is 0 Å². The van der Waals surface area contributed by atoms with E-state index in [9.17, 15) is 19.2 Å². The normalized spacial score (nSPS) is 21.1. The van der Waals surface area contributed by atoms with Gasteiger partial charge < -0.3 is 15.0 Å². The third kappa shape index (κ3) is 8.78. The molecule has 4 aliphatic heterocycles. The molecule has 0 bridgehead atoms. The van der Waals surface area contributed by atoms with Crippen LogP contribution in [0.4, 0.5) is 5.69 Å². The van der Waals surface area contributed by atoms with Crippen molar-refractivity contribution in [2.24, 2.45) is 5.92 Å². The number of imide groups is 2. The molecular formula is C48H53N5O5. The van der Waals surface area contributed by atoms with Gasteiger partial charge in [0.05, 0.1) is 11.1 Å². The van der Waals surface area contributed by atoms with Crippen LogP contribution in [-0.4, -0.2) is 96.3 Å². The van der Waals surface area contributed by atoms with E-state index in [0.29, 0.717) is 23.7 Å². The number of likely N-dealkylation sites (tertiary alicyclic amines) is 2. The first-order valence-corrected chi connectivity index (χ1v) is 21.0. The molecule has 3 saturated heterocycles. The molecule has 0 spiro atoms. The first-order valence-electron chi connectivity index (χ1n) is 21.0. The number of nitrogens with zero attached hydrogens (tertiary/aromatic N) is 3. The summed E-state index contributed by atoms with van der Waals surface area (Å²) in [7, 11) is 0. The SMILES string of the molecule is CCC(=C(c1ccccc1)c1ccc(OCCN2CCC(CN3CCC[C@H](Nc4ccc5c(c4)C(=O)N(C4CCC(=O)NC4=O)C5=O)C3)CC2)cc1)c1ccccc1. The molecule has 4 aliphatic rings. The fourth-order valence-corrected chi connectivity index (χ4v) is 9.19. The zero-order valence-corrected chi connectivity index (χ0v) is 33.3. The minimum Gasteiger partial charge on any atom is -0.492 e. The van der Waals surface area contributed by atoms with Gasteiger partial charge in [-0.1, -0.05) is 79.7 Å². The molecule has 4 amide bonds. The van der Waals surface area contributed by atoms with Gasteiger partial charge in [0.15, 0.2) is 0 Å². The summed E-state index contributed by atoms with van der Waals surface area (Å²) in [4.78, 5) is 56.7. The molecule has 0 saturated carbocycles. The molecule has 8 rings (SSSR count). The Balaban J connectivity index is 0.793. The molecule has 4 aromatic rings. The topological polar surface area (TPSA) is 111 Å². The highest BCUT2D eigenvalue weighted by molar-refractivity contribution is 6.23. The lowest BCUT2D eigenvalue weighted by atomic mass is 9.88. The van der Waals surface area contributed by atoms with Crippen molar-refractivity contribution in [3.63, 3.8) is 0 Å². The summed E-state index contributed by atoms with van der Waals surface area (Å²) in [6, 6.07) is 34.4. The van der Waals surface area contributed by atoms with E-state index in [1.54, 1.807) is 12.1 Å². The molecule has 0 radical (unpaired) electrons. The first-order chi connectivity index (χ1) is 28.3. The molecule has 1 unspecified atom stereocenters. The number of anilines is 1. The number of benzene rings is 4. The molecule has 10 heteroatoms. The van der Waals surface area contributed by atoms with Crippen LogP contribution < -0.4 is 15.4 Å². The summed E-state index contributed by atoms with van der Waals surface area (Å²) >= 11 is 0. The van der Waals surface area contributed by atoms with E-state index in [1.165, 1.54) is 40.7 Å². The third-order valence-electron chi connectivity index (χ3n) is 12.2. The summed E-state index contributed by atoms with van der Waals surface area (Å²) in [5, 5.41) is 5.88. The van der Waals surface area contributed by atoms with Crippen molar-refractivity contribution in [2.75, 3.05) is 51.2 Å². The molecule has 58 heavy (non-hydrogen) atoms. The summed E-state index contributed by atoms with van der Waals surface area (Å²) in [6.45, 7) is 9.03. The molecule has 4 aromatic carbocycles. The van der Waals surface area contributed by atoms with Crippen LogP contribution in [0.5, 0.6) is 5.75 Å². The van der Waals surface area contributed by atoms with E-state index < -0.39 is 23.8 Å². The number of carbonyl (C=O) groups is 4. The summed E-state index contributed by atoms with van der Waals surface area (Å²) in [5.41, 5.74) is 7.65. The molecule has 2 N–H and O–H groups in total. The minimum absolute atomic E-state index is 0.101. The Morgan fingerprint density at radius 3 is 2.14 bits per heavy atom. The predicted molar refractivity (Wildman–Crippen MR) is 226 cm³/mol. The lowest BCUT2D eigenvalue weighted by Gasteiger charge is -2.38. The molecule has 10 nitrogen and oxygen atoms in total. The number of allylic oxidation sites excluding steroid dienone is 1. The van der Waals surface area contributed by atoms with Gasteiger partial charge in [-0.3, -0.25) is 34.3 Å². The monoisotopic (exact) mass is 779 g/mol. The fraction of sp³-hybridized carbons (Fsp3) is 0.375. The van der Waals surface area contributed by atoms with Gasteiger partial charge in [-0.2, -0.15) is 0 Å². The Morgan fingerprint density at radius 1 is 0.741 bits per heavy atom. The van der Waals surface area contributed by atoms with Gasteiger partial charge in [0, 0.05) is 37.8 Å². The summed E-state index contributed by atoms with van der Waals surface area (Å²) < 4.78 is 6.27. The van der Waals surface area contributed by atoms with E-state index in [-0.39, 0.29) is 24.8 Å². The molecule has 3 fully saturated rings. The van der Waals surface area contributed by atoms with Gasteiger partial charge in [0.2, 0.25) is 11.8 Å². The highest BCUT2D eigenvalue weighted by Crippen LogP contribution is 2.35. The number of nitrogens with one attached hydrogen (secondary N) is 2. The van der Waals surface area contributed by atoms with E-state index >= 15 is 0 Å². The van der Waals surface area contributed by atoms with Crippen molar-refractivity contribution in [3.05, 3.63) is 131 Å². The smallest absolute Gasteiger partial charge is 0.262 e. The maximum atomic E-state index is 13.3. The quantitative estimate of drug-likeness (QED) is 0.109. The minimum atomic E-state index is -0.964. The second-order valence-corrected chi connectivity index (χ2v) is 16.0. The predicted octanol–water partition coefficient (Wildman–Crippen LogP) is 7.12. The Hall–Kier alpha value is -5.58. The number of ether oxygens (including phenoxy) is 1. The number of fused-ring (bicyclic) bond motifs is 1. The van der Waals surface area contributed by atoms with Crippen LogP contribution in [0.1, 0.15) is 89.3 Å². The van der Waals surface area contributed by atoms with E-state index in [1.807, 2.05) is 6.07 Å². The first kappa shape index (κ1) is 39.3. The zero-order valence-electron chi connectivity index (χ0n) is 33.3. The Morgan fingerprint density at radius 2 is 1.43 bits per heavy atom. The molecule has 0 aromatic heterocycles. The van der Waals surface area contributed by atoms with Gasteiger partial charge in [0.25, 0.3) is 11.8 Å². The highest BCUT2D eigenvalue weighted by atomic mass is 16.5. The van der Waals surface area contributed by atoms with Gasteiger partial charge >= 0.3 is 0 Å². The molecule has 0 aliphatic carbocycles. The number of hydrogen-bond acceptors (Lipinski definition) is 8. The van der Waals surface area contributed by atoms with Crippen LogP contribution in [0.15, 0.2) is 103 Å². The maximum absolute atomic E-state index is 13.3. The van der Waals surface area contributed by atoms with Crippen LogP contribution in [0.25, 0.3) is 11.1 Å². The summed E-state index contributed by atoms with van der Waals surface area (Å²) in [6.07, 6.45) is 5.64. The maximum Gasteiger partial charge on any atom is 0.262 e. The van der Waals surface area contributed by atoms with Crippen LogP contribution in [0, 0.1) is 5.92 Å². The van der Waals surface area contributed by atoms with Gasteiger partial charge in [-0.05, 0) is 122 Å².